The van der Waals surface area contributed by atoms with Gasteiger partial charge in [-0.25, -0.2) is 12.8 Å². The lowest BCUT2D eigenvalue weighted by Gasteiger charge is -2.27. The van der Waals surface area contributed by atoms with Crippen LogP contribution in [0.5, 0.6) is 5.75 Å². The molecule has 2 atom stereocenters. The normalized spacial score (nSPS) is 23.8. The Morgan fingerprint density at radius 3 is 2.74 bits per heavy atom. The summed E-state index contributed by atoms with van der Waals surface area (Å²) in [5, 5.41) is 9.25. The van der Waals surface area contributed by atoms with E-state index in [0.29, 0.717) is 18.6 Å². The highest BCUT2D eigenvalue weighted by molar-refractivity contribution is 7.92. The minimum atomic E-state index is -3.35. The van der Waals surface area contributed by atoms with Gasteiger partial charge >= 0.3 is 0 Å². The van der Waals surface area contributed by atoms with Crippen molar-refractivity contribution in [2.75, 3.05) is 12.9 Å². The van der Waals surface area contributed by atoms with E-state index in [9.17, 15) is 17.9 Å². The van der Waals surface area contributed by atoms with Crippen LogP contribution >= 0.6 is 0 Å². The van der Waals surface area contributed by atoms with Crippen molar-refractivity contribution in [2.24, 2.45) is 0 Å². The van der Waals surface area contributed by atoms with Crippen LogP contribution in [0.25, 0.3) is 0 Å². The zero-order valence-corrected chi connectivity index (χ0v) is 11.5. The van der Waals surface area contributed by atoms with Crippen molar-refractivity contribution in [3.63, 3.8) is 0 Å². The van der Waals surface area contributed by atoms with Crippen LogP contribution in [0.1, 0.15) is 30.9 Å². The standard InChI is InChI=1S/C13H17FO4S/c1-18-9-5-6-10(11(14)8-9)13(15)12-4-2-3-7-19(12,16)17/h5-6,8,12-13,15H,2-4,7H2,1H3. The van der Waals surface area contributed by atoms with Gasteiger partial charge in [-0.05, 0) is 25.0 Å². The summed E-state index contributed by atoms with van der Waals surface area (Å²) in [7, 11) is -1.94. The molecule has 0 aromatic heterocycles. The van der Waals surface area contributed by atoms with Crippen molar-refractivity contribution in [2.45, 2.75) is 30.6 Å². The highest BCUT2D eigenvalue weighted by Crippen LogP contribution is 2.32. The van der Waals surface area contributed by atoms with Crippen molar-refractivity contribution < 1.29 is 22.7 Å². The molecule has 1 saturated heterocycles. The number of hydrogen-bond donors (Lipinski definition) is 1. The third kappa shape index (κ3) is 2.90. The molecule has 0 radical (unpaired) electrons. The van der Waals surface area contributed by atoms with E-state index in [4.69, 9.17) is 4.74 Å². The molecular weight excluding hydrogens is 271 g/mol. The first-order chi connectivity index (χ1) is 8.95. The lowest BCUT2D eigenvalue weighted by Crippen LogP contribution is -2.34. The van der Waals surface area contributed by atoms with Crippen LogP contribution in [-0.4, -0.2) is 31.6 Å². The molecule has 0 amide bonds. The van der Waals surface area contributed by atoms with Crippen molar-refractivity contribution >= 4 is 9.84 Å². The number of ether oxygens (including phenoxy) is 1. The van der Waals surface area contributed by atoms with E-state index in [1.165, 1.54) is 19.2 Å². The molecule has 0 aliphatic carbocycles. The molecule has 0 saturated carbocycles. The van der Waals surface area contributed by atoms with Crippen LogP contribution in [-0.2, 0) is 9.84 Å². The minimum Gasteiger partial charge on any atom is -0.497 e. The molecule has 19 heavy (non-hydrogen) atoms. The summed E-state index contributed by atoms with van der Waals surface area (Å²) in [5.41, 5.74) is 0.0104. The van der Waals surface area contributed by atoms with Gasteiger partial charge in [0.15, 0.2) is 9.84 Å². The fourth-order valence-electron chi connectivity index (χ4n) is 2.41. The largest absolute Gasteiger partial charge is 0.497 e. The molecule has 4 nitrogen and oxygen atoms in total. The van der Waals surface area contributed by atoms with Crippen molar-refractivity contribution in [1.82, 2.24) is 0 Å². The van der Waals surface area contributed by atoms with Gasteiger partial charge in [-0.1, -0.05) is 6.42 Å². The third-order valence-electron chi connectivity index (χ3n) is 3.51. The topological polar surface area (TPSA) is 63.6 Å². The van der Waals surface area contributed by atoms with Gasteiger partial charge in [-0.2, -0.15) is 0 Å². The molecule has 0 bridgehead atoms. The number of hydrogen-bond acceptors (Lipinski definition) is 4. The molecule has 6 heteroatoms. The number of methoxy groups -OCH3 is 1. The molecule has 1 aliphatic rings. The maximum Gasteiger partial charge on any atom is 0.156 e. The molecule has 2 unspecified atom stereocenters. The van der Waals surface area contributed by atoms with Crippen LogP contribution in [0.3, 0.4) is 0 Å². The quantitative estimate of drug-likeness (QED) is 0.921. The van der Waals surface area contributed by atoms with Crippen LogP contribution in [0.4, 0.5) is 4.39 Å². The molecular formula is C13H17FO4S. The maximum absolute atomic E-state index is 13.9. The molecule has 2 rings (SSSR count). The van der Waals surface area contributed by atoms with E-state index in [2.05, 4.69) is 0 Å². The predicted molar refractivity (Wildman–Crippen MR) is 69.3 cm³/mol. The van der Waals surface area contributed by atoms with Crippen LogP contribution in [0.2, 0.25) is 0 Å². The first kappa shape index (κ1) is 14.3. The van der Waals surface area contributed by atoms with Gasteiger partial charge in [0.05, 0.1) is 24.2 Å². The van der Waals surface area contributed by atoms with Gasteiger partial charge in [-0.15, -0.1) is 0 Å². The summed E-state index contributed by atoms with van der Waals surface area (Å²) in [6, 6.07) is 4.04. The van der Waals surface area contributed by atoms with E-state index >= 15 is 0 Å². The summed E-state index contributed by atoms with van der Waals surface area (Å²) < 4.78 is 42.6. The molecule has 1 aromatic rings. The van der Waals surface area contributed by atoms with Crippen LogP contribution < -0.4 is 4.74 Å². The van der Waals surface area contributed by atoms with Gasteiger partial charge < -0.3 is 9.84 Å². The number of benzene rings is 1. The molecule has 1 aromatic carbocycles. The smallest absolute Gasteiger partial charge is 0.156 e. The second-order valence-corrected chi connectivity index (χ2v) is 7.07. The highest BCUT2D eigenvalue weighted by atomic mass is 32.2. The van der Waals surface area contributed by atoms with E-state index in [1.54, 1.807) is 0 Å². The summed E-state index contributed by atoms with van der Waals surface area (Å²) >= 11 is 0. The third-order valence-corrected chi connectivity index (χ3v) is 5.78. The number of aliphatic hydroxyl groups is 1. The summed E-state index contributed by atoms with van der Waals surface area (Å²) in [6.45, 7) is 0. The lowest BCUT2D eigenvalue weighted by atomic mass is 10.0. The first-order valence-electron chi connectivity index (χ1n) is 6.19. The second kappa shape index (κ2) is 5.46. The second-order valence-electron chi connectivity index (χ2n) is 4.73. The predicted octanol–water partition coefficient (Wildman–Crippen LogP) is 1.83. The Bertz CT molecular complexity index is 556. The Balaban J connectivity index is 2.31. The molecule has 1 N–H and O–H groups in total. The highest BCUT2D eigenvalue weighted by Gasteiger charge is 2.36. The maximum atomic E-state index is 13.9. The molecule has 1 aliphatic heterocycles. The fourth-order valence-corrected chi connectivity index (χ4v) is 4.38. The van der Waals surface area contributed by atoms with Crippen molar-refractivity contribution in [3.8, 4) is 5.75 Å². The van der Waals surface area contributed by atoms with Crippen LogP contribution in [0, 0.1) is 5.82 Å². The van der Waals surface area contributed by atoms with Gasteiger partial charge in [0.1, 0.15) is 11.6 Å². The number of aliphatic hydroxyl groups excluding tert-OH is 1. The molecule has 0 spiro atoms. The SMILES string of the molecule is COc1ccc(C(O)C2CCCCS2(=O)=O)c(F)c1. The van der Waals surface area contributed by atoms with Gasteiger partial charge in [0, 0.05) is 11.6 Å². The molecule has 106 valence electrons. The van der Waals surface area contributed by atoms with E-state index in [0.717, 1.165) is 12.5 Å². The van der Waals surface area contributed by atoms with Crippen molar-refractivity contribution in [1.29, 1.82) is 0 Å². The lowest BCUT2D eigenvalue weighted by molar-refractivity contribution is 0.160. The van der Waals surface area contributed by atoms with Crippen LogP contribution in [0.15, 0.2) is 18.2 Å². The minimum absolute atomic E-state index is 0.0104. The zero-order chi connectivity index (χ0) is 14.0. The van der Waals surface area contributed by atoms with Gasteiger partial charge in [0.2, 0.25) is 0 Å². The average Bonchev–Trinajstić information content (AvgIpc) is 2.37. The van der Waals surface area contributed by atoms with E-state index < -0.39 is 27.0 Å². The summed E-state index contributed by atoms with van der Waals surface area (Å²) in [4.78, 5) is 0. The zero-order valence-electron chi connectivity index (χ0n) is 10.7. The average molecular weight is 288 g/mol. The van der Waals surface area contributed by atoms with Gasteiger partial charge in [-0.3, -0.25) is 0 Å². The monoisotopic (exact) mass is 288 g/mol. The molecule has 1 heterocycles. The first-order valence-corrected chi connectivity index (χ1v) is 7.90. The Morgan fingerprint density at radius 2 is 2.16 bits per heavy atom. The molecule has 1 fully saturated rings. The number of sulfone groups is 1. The van der Waals surface area contributed by atoms with Crippen molar-refractivity contribution in [3.05, 3.63) is 29.6 Å². The van der Waals surface area contributed by atoms with E-state index in [1.807, 2.05) is 0 Å². The van der Waals surface area contributed by atoms with Gasteiger partial charge in [0.25, 0.3) is 0 Å². The summed E-state index contributed by atoms with van der Waals surface area (Å²) in [5.74, 6) is -0.250. The fraction of sp³-hybridized carbons (Fsp3) is 0.538. The number of rotatable bonds is 3. The Hall–Kier alpha value is -1.14. The summed E-state index contributed by atoms with van der Waals surface area (Å²) in [6.07, 6.45) is 0.390. The Kier molecular flexibility index (Phi) is 4.10. The Morgan fingerprint density at radius 1 is 1.42 bits per heavy atom. The van der Waals surface area contributed by atoms with E-state index in [-0.39, 0.29) is 11.3 Å². The Labute approximate surface area is 112 Å². The number of halogens is 1.